The predicted octanol–water partition coefficient (Wildman–Crippen LogP) is 19.0. The molecule has 0 bridgehead atoms. The van der Waals surface area contributed by atoms with Crippen molar-refractivity contribution in [1.82, 2.24) is 145 Å². The molecule has 0 N–H and O–H groups in total. The van der Waals surface area contributed by atoms with E-state index >= 15 is 0 Å². The molecular weight excluding hydrogens is 1620 g/mol. The zero-order chi connectivity index (χ0) is 89.7. The SMILES string of the molecule is Cc1nc(C)nc(-c2cc(-c3ccccn3)cc(-c3ccccn3)c2)n1.Cc1nc(C)nc(-c2cc(-c3cccnc3)cc(-c3cccnc3)c2)n1.Cc1nc(C)nc(-c2cc(-c3ccncc3)cc(-c3ccncc3)c2)n1.Cc1nc(C)nc(-c2cc(-c3cnccn3)cc(-c3cnccn3)c2)n1.Cc1nc(C)nc(-c2cc(-c3ncccn3)cc(-c3ncccn3)c2)n1. The van der Waals surface area contributed by atoms with Crippen molar-refractivity contribution >= 4 is 0 Å². The highest BCUT2D eigenvalue weighted by molar-refractivity contribution is 5.83. The first-order chi connectivity index (χ1) is 63.4. The number of hydrogen-bond donors (Lipinski definition) is 0. The van der Waals surface area contributed by atoms with Crippen LogP contribution >= 0.6 is 0 Å². The van der Waals surface area contributed by atoms with E-state index in [0.717, 1.165) is 128 Å². The normalized spacial score (nSPS) is 10.7. The molecule has 0 radical (unpaired) electrons. The van der Waals surface area contributed by atoms with Crippen LogP contribution in [0, 0.1) is 69.2 Å². The Kier molecular flexibility index (Phi) is 27.0. The second-order valence-electron chi connectivity index (χ2n) is 29.5. The summed E-state index contributed by atoms with van der Waals surface area (Å²) in [5.74, 6) is 11.4. The molecular formula is C101H81N29. The molecule has 0 atom stereocenters. The molecule has 0 saturated heterocycles. The largest absolute Gasteiger partial charge is 0.265 e. The van der Waals surface area contributed by atoms with Gasteiger partial charge >= 0.3 is 0 Å². The number of aryl methyl sites for hydroxylation is 10. The van der Waals surface area contributed by atoms with Crippen LogP contribution in [0.15, 0.2) is 312 Å². The van der Waals surface area contributed by atoms with Crippen LogP contribution in [0.25, 0.3) is 169 Å². The highest BCUT2D eigenvalue weighted by Crippen LogP contribution is 2.37. The topological polar surface area (TPSA) is 374 Å². The van der Waals surface area contributed by atoms with Gasteiger partial charge in [0.2, 0.25) is 0 Å². The van der Waals surface area contributed by atoms with Gasteiger partial charge in [-0.1, -0.05) is 24.3 Å². The van der Waals surface area contributed by atoms with Crippen LogP contribution in [0.2, 0.25) is 0 Å². The molecule has 130 heavy (non-hydrogen) atoms. The molecule has 15 heterocycles. The molecule has 5 aromatic carbocycles. The second-order valence-corrected chi connectivity index (χ2v) is 29.5. The highest BCUT2D eigenvalue weighted by atomic mass is 15.1. The standard InChI is InChI=1S/3C21H17N5.2C19H15N7/c1-14-24-15(2)26-21(25-14)20-12-18(16-3-7-22-8-4-16)11-19(13-20)17-5-9-23-10-6-17;1-14-24-15(2)26-21(25-14)20-10-18(16-5-3-7-22-12-16)9-19(11-20)17-6-4-8-23-13-17;1-14-24-15(2)26-21(25-14)18-12-16(19-7-3-5-9-22-19)11-17(13-18)20-8-4-6-10-23-20;1-12-24-13(2)26-19(25-12)16-8-14(17-10-20-3-5-22-17)7-15(9-16)18-11-21-4-6-23-18;1-12-24-13(2)26-19(25-12)16-10-14(17-20-5-3-6-21-17)9-15(11-16)18-22-7-4-8-23-18/h3*3-13H,1-2H3;2*3-11H,1-2H3. The van der Waals surface area contributed by atoms with Gasteiger partial charge in [-0.25, -0.2) is 94.7 Å². The van der Waals surface area contributed by atoms with Gasteiger partial charge in [-0.05, 0) is 266 Å². The van der Waals surface area contributed by atoms with Gasteiger partial charge in [-0.3, -0.25) is 49.8 Å². The zero-order valence-corrected chi connectivity index (χ0v) is 72.4. The van der Waals surface area contributed by atoms with Crippen molar-refractivity contribution in [3.63, 3.8) is 0 Å². The molecule has 0 aliphatic carbocycles. The lowest BCUT2D eigenvalue weighted by Gasteiger charge is -2.10. The molecule has 15 aromatic heterocycles. The lowest BCUT2D eigenvalue weighted by molar-refractivity contribution is 0.928. The van der Waals surface area contributed by atoms with Gasteiger partial charge < -0.3 is 0 Å². The monoisotopic (exact) mass is 1700 g/mol. The van der Waals surface area contributed by atoms with Crippen molar-refractivity contribution < 1.29 is 0 Å². The van der Waals surface area contributed by atoms with Crippen molar-refractivity contribution in [2.45, 2.75) is 69.2 Å². The van der Waals surface area contributed by atoms with E-state index in [9.17, 15) is 0 Å². The van der Waals surface area contributed by atoms with E-state index in [1.165, 1.54) is 0 Å². The van der Waals surface area contributed by atoms with Crippen molar-refractivity contribution in [2.24, 2.45) is 0 Å². The zero-order valence-electron chi connectivity index (χ0n) is 72.4. The highest BCUT2D eigenvalue weighted by Gasteiger charge is 2.19. The lowest BCUT2D eigenvalue weighted by Crippen LogP contribution is -2.00. The Bertz CT molecular complexity index is 5860. The quantitative estimate of drug-likeness (QED) is 0.0920. The average Bonchev–Trinajstić information content (AvgIpc) is 0.816. The Morgan fingerprint density at radius 3 is 0.638 bits per heavy atom. The Hall–Kier alpha value is -17.6. The van der Waals surface area contributed by atoms with Gasteiger partial charge in [-0.15, -0.1) is 0 Å². The van der Waals surface area contributed by atoms with E-state index in [4.69, 9.17) is 0 Å². The van der Waals surface area contributed by atoms with Gasteiger partial charge in [-0.2, -0.15) is 0 Å². The summed E-state index contributed by atoms with van der Waals surface area (Å²) >= 11 is 0. The van der Waals surface area contributed by atoms with Crippen molar-refractivity contribution in [1.29, 1.82) is 0 Å². The van der Waals surface area contributed by atoms with Crippen LogP contribution < -0.4 is 0 Å². The fourth-order valence-electron chi connectivity index (χ4n) is 14.0. The third-order valence-electron chi connectivity index (χ3n) is 19.6. The maximum atomic E-state index is 4.53. The molecule has 0 aliphatic rings. The second kappa shape index (κ2) is 40.8. The van der Waals surface area contributed by atoms with E-state index in [2.05, 4.69) is 199 Å². The first-order valence-corrected chi connectivity index (χ1v) is 41.2. The fourth-order valence-corrected chi connectivity index (χ4v) is 14.0. The van der Waals surface area contributed by atoms with Crippen LogP contribution in [0.4, 0.5) is 0 Å². The minimum atomic E-state index is 0.602. The summed E-state index contributed by atoms with van der Waals surface area (Å²) in [5, 5.41) is 0. The molecule has 20 rings (SSSR count). The molecule has 0 aliphatic heterocycles. The van der Waals surface area contributed by atoms with Crippen LogP contribution in [0.5, 0.6) is 0 Å². The summed E-state index contributed by atoms with van der Waals surface area (Å²) in [6.45, 7) is 18.7. The number of aromatic nitrogens is 29. The summed E-state index contributed by atoms with van der Waals surface area (Å²) in [5.41, 5.74) is 21.9. The van der Waals surface area contributed by atoms with Crippen LogP contribution in [-0.2, 0) is 0 Å². The third kappa shape index (κ3) is 22.5. The number of benzene rings is 5. The average molecular weight is 1700 g/mol. The van der Waals surface area contributed by atoms with E-state index < -0.39 is 0 Å². The smallest absolute Gasteiger partial charge is 0.163 e. The van der Waals surface area contributed by atoms with Crippen molar-refractivity contribution in [3.05, 3.63) is 370 Å². The van der Waals surface area contributed by atoms with Crippen LogP contribution in [-0.4, -0.2) is 145 Å². The number of pyridine rings is 6. The molecule has 20 aromatic rings. The number of nitrogens with zero attached hydrogens (tertiary/aromatic N) is 29. The predicted molar refractivity (Wildman–Crippen MR) is 497 cm³/mol. The summed E-state index contributed by atoms with van der Waals surface area (Å²) in [6.07, 6.45) is 35.0. The first-order valence-electron chi connectivity index (χ1n) is 41.2. The van der Waals surface area contributed by atoms with Gasteiger partial charge in [0.1, 0.15) is 58.2 Å². The molecule has 630 valence electrons. The maximum absolute atomic E-state index is 4.53. The van der Waals surface area contributed by atoms with Crippen LogP contribution in [0.1, 0.15) is 58.2 Å². The Morgan fingerprint density at radius 2 is 0.369 bits per heavy atom. The Labute approximate surface area is 749 Å². The first kappa shape index (κ1) is 85.9. The molecule has 29 nitrogen and oxygen atoms in total. The molecule has 0 amide bonds. The third-order valence-corrected chi connectivity index (χ3v) is 19.6. The molecule has 0 spiro atoms. The van der Waals surface area contributed by atoms with Gasteiger partial charge in [0.15, 0.2) is 40.8 Å². The van der Waals surface area contributed by atoms with E-state index in [-0.39, 0.29) is 0 Å². The molecule has 0 unspecified atom stereocenters. The summed E-state index contributed by atoms with van der Waals surface area (Å²) < 4.78 is 0. The minimum absolute atomic E-state index is 0.602. The fraction of sp³-hybridized carbons (Fsp3) is 0.0990. The van der Waals surface area contributed by atoms with E-state index in [0.29, 0.717) is 99.0 Å². The van der Waals surface area contributed by atoms with Gasteiger partial charge in [0, 0.05) is 184 Å². The summed E-state index contributed by atoms with van der Waals surface area (Å²) in [6, 6.07) is 62.1. The Balaban J connectivity index is 0.000000119. The number of rotatable bonds is 15. The summed E-state index contributed by atoms with van der Waals surface area (Å²) in [4.78, 5) is 127. The molecule has 0 saturated carbocycles. The number of hydrogen-bond acceptors (Lipinski definition) is 29. The van der Waals surface area contributed by atoms with Crippen molar-refractivity contribution in [3.8, 4) is 169 Å². The Morgan fingerprint density at radius 1 is 0.131 bits per heavy atom. The lowest BCUT2D eigenvalue weighted by atomic mass is 9.97. The van der Waals surface area contributed by atoms with E-state index in [1.807, 2.05) is 203 Å². The molecule has 29 heteroatoms. The molecule has 0 fully saturated rings. The van der Waals surface area contributed by atoms with Crippen LogP contribution in [0.3, 0.4) is 0 Å². The summed E-state index contributed by atoms with van der Waals surface area (Å²) in [7, 11) is 0. The minimum Gasteiger partial charge on any atom is -0.265 e. The van der Waals surface area contributed by atoms with Crippen molar-refractivity contribution in [2.75, 3.05) is 0 Å². The maximum Gasteiger partial charge on any atom is 0.163 e. The van der Waals surface area contributed by atoms with Gasteiger partial charge in [0.05, 0.1) is 35.2 Å². The van der Waals surface area contributed by atoms with Gasteiger partial charge in [0.25, 0.3) is 0 Å². The van der Waals surface area contributed by atoms with E-state index in [1.54, 1.807) is 124 Å².